The van der Waals surface area contributed by atoms with E-state index in [1.54, 1.807) is 6.92 Å². The highest BCUT2D eigenvalue weighted by molar-refractivity contribution is 5.86. The minimum atomic E-state index is -0.826. The summed E-state index contributed by atoms with van der Waals surface area (Å²) >= 11 is 0. The molecule has 4 nitrogen and oxygen atoms in total. The van der Waals surface area contributed by atoms with Crippen molar-refractivity contribution in [1.82, 2.24) is 5.32 Å². The number of benzene rings is 2. The predicted molar refractivity (Wildman–Crippen MR) is 96.2 cm³/mol. The van der Waals surface area contributed by atoms with E-state index in [-0.39, 0.29) is 17.9 Å². The van der Waals surface area contributed by atoms with Crippen LogP contribution >= 0.6 is 0 Å². The van der Waals surface area contributed by atoms with E-state index in [2.05, 4.69) is 42.6 Å². The van der Waals surface area contributed by atoms with Crippen molar-refractivity contribution in [2.75, 3.05) is 6.54 Å². The van der Waals surface area contributed by atoms with Gasteiger partial charge in [-0.05, 0) is 30.5 Å². The average Bonchev–Trinajstić information content (AvgIpc) is 2.58. The van der Waals surface area contributed by atoms with Crippen LogP contribution in [-0.2, 0) is 4.79 Å². The summed E-state index contributed by atoms with van der Waals surface area (Å²) in [6.07, 6.45) is 0. The third kappa shape index (κ3) is 3.93. The van der Waals surface area contributed by atoms with Gasteiger partial charge in [-0.1, -0.05) is 56.3 Å². The van der Waals surface area contributed by atoms with E-state index in [1.165, 1.54) is 16.3 Å². The molecule has 0 spiro atoms. The summed E-state index contributed by atoms with van der Waals surface area (Å²) in [4.78, 5) is 12.2. The molecular formula is C20H26N3O+. The van der Waals surface area contributed by atoms with Gasteiger partial charge in [0.05, 0.1) is 6.07 Å². The normalized spacial score (nSPS) is 14.8. The van der Waals surface area contributed by atoms with E-state index in [0.717, 1.165) is 0 Å². The molecule has 4 heteroatoms. The first-order valence-electron chi connectivity index (χ1n) is 8.40. The Labute approximate surface area is 143 Å². The van der Waals surface area contributed by atoms with Crippen LogP contribution in [0.5, 0.6) is 0 Å². The summed E-state index contributed by atoms with van der Waals surface area (Å²) in [7, 11) is 0. The summed E-state index contributed by atoms with van der Waals surface area (Å²) in [6, 6.07) is 16.9. The van der Waals surface area contributed by atoms with E-state index in [1.807, 2.05) is 37.4 Å². The molecular weight excluding hydrogens is 298 g/mol. The van der Waals surface area contributed by atoms with Crippen molar-refractivity contribution in [3.63, 3.8) is 0 Å². The molecule has 0 saturated carbocycles. The second-order valence-corrected chi connectivity index (χ2v) is 6.81. The molecule has 3 N–H and O–H groups in total. The summed E-state index contributed by atoms with van der Waals surface area (Å²) in [6.45, 7) is 8.04. The number of carbonyl (C=O) groups excluding carboxylic acids is 1. The molecule has 0 aromatic heterocycles. The fraction of sp³-hybridized carbons (Fsp3) is 0.400. The van der Waals surface area contributed by atoms with Gasteiger partial charge in [0, 0.05) is 5.56 Å². The molecule has 0 fully saturated rings. The zero-order chi connectivity index (χ0) is 17.7. The Morgan fingerprint density at radius 2 is 1.88 bits per heavy atom. The number of amides is 1. The quantitative estimate of drug-likeness (QED) is 0.857. The number of hydrogen-bond acceptors (Lipinski definition) is 2. The number of nitriles is 1. The minimum absolute atomic E-state index is 0.0574. The maximum Gasteiger partial charge on any atom is 0.276 e. The molecule has 0 saturated heterocycles. The largest absolute Gasteiger partial charge is 0.333 e. The molecule has 1 amide bonds. The highest BCUT2D eigenvalue weighted by atomic mass is 16.2. The Morgan fingerprint density at radius 3 is 2.54 bits per heavy atom. The summed E-state index contributed by atoms with van der Waals surface area (Å²) in [5, 5.41) is 16.6. The molecule has 0 aliphatic carbocycles. The molecule has 2 aromatic carbocycles. The first-order valence-corrected chi connectivity index (χ1v) is 8.40. The zero-order valence-corrected chi connectivity index (χ0v) is 14.8. The van der Waals surface area contributed by atoms with Gasteiger partial charge in [-0.3, -0.25) is 4.79 Å². The van der Waals surface area contributed by atoms with Crippen LogP contribution in [0.25, 0.3) is 10.8 Å². The van der Waals surface area contributed by atoms with E-state index < -0.39 is 5.54 Å². The molecule has 2 aromatic rings. The zero-order valence-electron chi connectivity index (χ0n) is 14.8. The Morgan fingerprint density at radius 1 is 1.21 bits per heavy atom. The fourth-order valence-corrected chi connectivity index (χ4v) is 2.70. The van der Waals surface area contributed by atoms with Crippen molar-refractivity contribution >= 4 is 16.7 Å². The van der Waals surface area contributed by atoms with Gasteiger partial charge in [0.15, 0.2) is 6.54 Å². The van der Waals surface area contributed by atoms with Crippen molar-refractivity contribution in [2.45, 2.75) is 39.3 Å². The monoisotopic (exact) mass is 324 g/mol. The molecule has 0 radical (unpaired) electrons. The first kappa shape index (κ1) is 18.0. The van der Waals surface area contributed by atoms with Gasteiger partial charge in [-0.2, -0.15) is 5.26 Å². The van der Waals surface area contributed by atoms with Gasteiger partial charge in [-0.25, -0.2) is 0 Å². The van der Waals surface area contributed by atoms with Crippen LogP contribution in [0, 0.1) is 17.2 Å². The summed E-state index contributed by atoms with van der Waals surface area (Å²) in [5.41, 5.74) is 0.390. The minimum Gasteiger partial charge on any atom is -0.333 e. The fourth-order valence-electron chi connectivity index (χ4n) is 2.70. The second kappa shape index (κ2) is 7.46. The Hall–Kier alpha value is -2.38. The van der Waals surface area contributed by atoms with Crippen LogP contribution in [0.2, 0.25) is 0 Å². The molecule has 2 atom stereocenters. The lowest BCUT2D eigenvalue weighted by Gasteiger charge is -2.27. The van der Waals surface area contributed by atoms with Crippen LogP contribution in [0.3, 0.4) is 0 Å². The second-order valence-electron chi connectivity index (χ2n) is 6.81. The number of hydrogen-bond donors (Lipinski definition) is 2. The van der Waals surface area contributed by atoms with Gasteiger partial charge in [0.25, 0.3) is 5.91 Å². The number of quaternary nitrogens is 1. The standard InChI is InChI=1S/C20H25N3O/c1-14(2)20(4,13-21)23-19(24)12-22-15(3)17-11-7-9-16-8-5-6-10-18(16)17/h5-11,14-15,22H,12H2,1-4H3,(H,23,24)/p+1/t15-,20+/m0/s1. The van der Waals surface area contributed by atoms with Gasteiger partial charge < -0.3 is 10.6 Å². The summed E-state index contributed by atoms with van der Waals surface area (Å²) < 4.78 is 0. The molecule has 0 heterocycles. The van der Waals surface area contributed by atoms with E-state index in [0.29, 0.717) is 6.54 Å². The Balaban J connectivity index is 2.04. The highest BCUT2D eigenvalue weighted by Gasteiger charge is 2.30. The van der Waals surface area contributed by atoms with Crippen molar-refractivity contribution in [2.24, 2.45) is 5.92 Å². The first-order chi connectivity index (χ1) is 11.4. The molecule has 0 aliphatic heterocycles. The van der Waals surface area contributed by atoms with Crippen molar-refractivity contribution in [3.8, 4) is 6.07 Å². The van der Waals surface area contributed by atoms with Crippen LogP contribution in [0.4, 0.5) is 0 Å². The average molecular weight is 324 g/mol. The molecule has 24 heavy (non-hydrogen) atoms. The van der Waals surface area contributed by atoms with E-state index >= 15 is 0 Å². The van der Waals surface area contributed by atoms with Gasteiger partial charge >= 0.3 is 0 Å². The van der Waals surface area contributed by atoms with Gasteiger partial charge in [0.1, 0.15) is 11.6 Å². The topological polar surface area (TPSA) is 69.5 Å². The van der Waals surface area contributed by atoms with Gasteiger partial charge in [0.2, 0.25) is 0 Å². The number of carbonyl (C=O) groups is 1. The summed E-state index contributed by atoms with van der Waals surface area (Å²) in [5.74, 6) is -0.0539. The SMILES string of the molecule is CC(C)[C@@](C)(C#N)NC(=O)C[NH2+][C@@H](C)c1cccc2ccccc12. The number of rotatable bonds is 6. The number of nitrogens with zero attached hydrogens (tertiary/aromatic N) is 1. The van der Waals surface area contributed by atoms with Crippen LogP contribution in [0.1, 0.15) is 39.3 Å². The number of nitrogens with two attached hydrogens (primary N) is 1. The maximum atomic E-state index is 12.2. The van der Waals surface area contributed by atoms with Crippen molar-refractivity contribution < 1.29 is 10.1 Å². The van der Waals surface area contributed by atoms with Crippen molar-refractivity contribution in [1.29, 1.82) is 5.26 Å². The molecule has 0 unspecified atom stereocenters. The smallest absolute Gasteiger partial charge is 0.276 e. The van der Waals surface area contributed by atoms with Crippen LogP contribution < -0.4 is 10.6 Å². The lowest BCUT2D eigenvalue weighted by atomic mass is 9.90. The third-order valence-corrected chi connectivity index (χ3v) is 4.76. The van der Waals surface area contributed by atoms with E-state index in [9.17, 15) is 10.1 Å². The molecule has 0 aliphatic rings. The highest BCUT2D eigenvalue weighted by Crippen LogP contribution is 2.22. The third-order valence-electron chi connectivity index (χ3n) is 4.76. The Kier molecular flexibility index (Phi) is 5.58. The molecule has 0 bridgehead atoms. The van der Waals surface area contributed by atoms with Crippen LogP contribution in [-0.4, -0.2) is 18.0 Å². The molecule has 2 rings (SSSR count). The maximum absolute atomic E-state index is 12.2. The Bertz CT molecular complexity index is 758. The molecule has 126 valence electrons. The van der Waals surface area contributed by atoms with E-state index in [4.69, 9.17) is 0 Å². The number of fused-ring (bicyclic) bond motifs is 1. The van der Waals surface area contributed by atoms with Crippen LogP contribution in [0.15, 0.2) is 42.5 Å². The van der Waals surface area contributed by atoms with Crippen molar-refractivity contribution in [3.05, 3.63) is 48.0 Å². The predicted octanol–water partition coefficient (Wildman–Crippen LogP) is 2.52. The lowest BCUT2D eigenvalue weighted by molar-refractivity contribution is -0.682. The number of nitrogens with one attached hydrogen (secondary N) is 1. The van der Waals surface area contributed by atoms with Gasteiger partial charge in [-0.15, -0.1) is 0 Å². The lowest BCUT2D eigenvalue weighted by Crippen LogP contribution is -2.87.